The molecule has 1 aromatic heterocycles. The average molecular weight is 277 g/mol. The van der Waals surface area contributed by atoms with Crippen molar-refractivity contribution >= 4 is 5.91 Å². The summed E-state index contributed by atoms with van der Waals surface area (Å²) in [6.07, 6.45) is -2.23. The summed E-state index contributed by atoms with van der Waals surface area (Å²) in [7, 11) is 0. The van der Waals surface area contributed by atoms with Crippen molar-refractivity contribution in [1.29, 1.82) is 0 Å². The lowest BCUT2D eigenvalue weighted by Crippen LogP contribution is -2.34. The Bertz CT molecular complexity index is 419. The van der Waals surface area contributed by atoms with Crippen LogP contribution in [0.5, 0.6) is 0 Å². The van der Waals surface area contributed by atoms with Crippen LogP contribution >= 0.6 is 0 Å². The maximum atomic E-state index is 12.2. The number of alkyl halides is 3. The Labute approximate surface area is 107 Å². The van der Waals surface area contributed by atoms with E-state index in [9.17, 15) is 18.0 Å². The largest absolute Gasteiger partial charge is 0.401 e. The summed E-state index contributed by atoms with van der Waals surface area (Å²) in [6.45, 7) is 0.212. The molecule has 2 heterocycles. The summed E-state index contributed by atoms with van der Waals surface area (Å²) in [4.78, 5) is 12.9. The van der Waals surface area contributed by atoms with Gasteiger partial charge in [0, 0.05) is 13.1 Å². The minimum absolute atomic E-state index is 0.0400. The first-order valence-electron chi connectivity index (χ1n) is 5.87. The van der Waals surface area contributed by atoms with Crippen molar-refractivity contribution in [2.45, 2.75) is 12.6 Å². The first kappa shape index (κ1) is 13.8. The number of amides is 1. The lowest BCUT2D eigenvalue weighted by atomic mass is 10.1. The zero-order chi connectivity index (χ0) is 13.9. The predicted molar refractivity (Wildman–Crippen MR) is 59.3 cm³/mol. The highest BCUT2D eigenvalue weighted by molar-refractivity contribution is 5.91. The van der Waals surface area contributed by atoms with E-state index in [1.165, 1.54) is 11.1 Å². The summed E-state index contributed by atoms with van der Waals surface area (Å²) in [6, 6.07) is 0. The van der Waals surface area contributed by atoms with Crippen molar-refractivity contribution in [3.8, 4) is 0 Å². The molecule has 1 aromatic rings. The number of hydrogen-bond acceptors (Lipinski definition) is 4. The molecule has 19 heavy (non-hydrogen) atoms. The molecule has 0 bridgehead atoms. The molecule has 1 amide bonds. The van der Waals surface area contributed by atoms with Gasteiger partial charge in [-0.05, 0) is 18.9 Å². The average Bonchev–Trinajstić information content (AvgIpc) is 2.94. The lowest BCUT2D eigenvalue weighted by molar-refractivity contribution is -0.143. The Hall–Kier alpha value is -1.64. The smallest absolute Gasteiger partial charge is 0.350 e. The quantitative estimate of drug-likeness (QED) is 0.836. The SMILES string of the molecule is O=C(NCC1CCN(CC(F)(F)F)C1)c1cn[nH]n1. The van der Waals surface area contributed by atoms with Crippen LogP contribution in [0, 0.1) is 5.92 Å². The van der Waals surface area contributed by atoms with Crippen molar-refractivity contribution in [2.24, 2.45) is 5.92 Å². The number of likely N-dealkylation sites (tertiary alicyclic amines) is 1. The van der Waals surface area contributed by atoms with Gasteiger partial charge >= 0.3 is 6.18 Å². The zero-order valence-electron chi connectivity index (χ0n) is 10.1. The highest BCUT2D eigenvalue weighted by Gasteiger charge is 2.34. The third-order valence-corrected chi connectivity index (χ3v) is 2.97. The normalized spacial score (nSPS) is 20.7. The van der Waals surface area contributed by atoms with E-state index in [0.29, 0.717) is 26.1 Å². The summed E-state index contributed by atoms with van der Waals surface area (Å²) in [5.41, 5.74) is 0.171. The molecule has 1 fully saturated rings. The number of hydrogen-bond donors (Lipinski definition) is 2. The summed E-state index contributed by atoms with van der Waals surface area (Å²) in [5, 5.41) is 12.1. The number of halogens is 3. The van der Waals surface area contributed by atoms with Gasteiger partial charge in [0.15, 0.2) is 5.69 Å². The molecular formula is C10H14F3N5O. The Morgan fingerprint density at radius 1 is 1.58 bits per heavy atom. The van der Waals surface area contributed by atoms with Crippen LogP contribution in [0.4, 0.5) is 13.2 Å². The van der Waals surface area contributed by atoms with Gasteiger partial charge in [-0.25, -0.2) is 0 Å². The van der Waals surface area contributed by atoms with Crippen molar-refractivity contribution in [3.63, 3.8) is 0 Å². The van der Waals surface area contributed by atoms with Crippen molar-refractivity contribution in [2.75, 3.05) is 26.2 Å². The molecule has 1 aliphatic heterocycles. The number of aromatic amines is 1. The first-order chi connectivity index (χ1) is 8.94. The highest BCUT2D eigenvalue weighted by atomic mass is 19.4. The molecule has 0 radical (unpaired) electrons. The second kappa shape index (κ2) is 5.55. The molecule has 0 aromatic carbocycles. The summed E-state index contributed by atoms with van der Waals surface area (Å²) >= 11 is 0. The molecule has 6 nitrogen and oxygen atoms in total. The van der Waals surface area contributed by atoms with Crippen LogP contribution in [0.2, 0.25) is 0 Å². The monoisotopic (exact) mass is 277 g/mol. The fourth-order valence-corrected chi connectivity index (χ4v) is 2.12. The molecule has 1 unspecified atom stereocenters. The van der Waals surface area contributed by atoms with Crippen LogP contribution in [-0.2, 0) is 0 Å². The Morgan fingerprint density at radius 3 is 3.00 bits per heavy atom. The van der Waals surface area contributed by atoms with Gasteiger partial charge < -0.3 is 5.32 Å². The number of carbonyl (C=O) groups excluding carboxylic acids is 1. The van der Waals surface area contributed by atoms with Crippen molar-refractivity contribution in [1.82, 2.24) is 25.6 Å². The lowest BCUT2D eigenvalue weighted by Gasteiger charge is -2.17. The van der Waals surface area contributed by atoms with E-state index in [1.807, 2.05) is 0 Å². The van der Waals surface area contributed by atoms with E-state index >= 15 is 0 Å². The third kappa shape index (κ3) is 4.19. The maximum Gasteiger partial charge on any atom is 0.401 e. The van der Waals surface area contributed by atoms with Gasteiger partial charge in [0.2, 0.25) is 0 Å². The van der Waals surface area contributed by atoms with Crippen LogP contribution in [0.3, 0.4) is 0 Å². The van der Waals surface area contributed by atoms with E-state index in [2.05, 4.69) is 20.7 Å². The van der Waals surface area contributed by atoms with Gasteiger partial charge in [-0.15, -0.1) is 0 Å². The van der Waals surface area contributed by atoms with E-state index in [-0.39, 0.29) is 17.5 Å². The number of nitrogens with one attached hydrogen (secondary N) is 2. The molecule has 0 saturated carbocycles. The zero-order valence-corrected chi connectivity index (χ0v) is 10.1. The van der Waals surface area contributed by atoms with Crippen LogP contribution in [0.1, 0.15) is 16.9 Å². The Balaban J connectivity index is 1.72. The number of carbonyl (C=O) groups is 1. The van der Waals surface area contributed by atoms with Crippen LogP contribution in [-0.4, -0.2) is 58.6 Å². The topological polar surface area (TPSA) is 73.9 Å². The van der Waals surface area contributed by atoms with Gasteiger partial charge in [-0.1, -0.05) is 0 Å². The summed E-state index contributed by atoms with van der Waals surface area (Å²) < 4.78 is 36.6. The molecule has 1 atom stereocenters. The van der Waals surface area contributed by atoms with Gasteiger partial charge in [0.05, 0.1) is 12.7 Å². The highest BCUT2D eigenvalue weighted by Crippen LogP contribution is 2.22. The number of H-pyrrole nitrogens is 1. The molecule has 1 aliphatic rings. The van der Waals surface area contributed by atoms with Gasteiger partial charge in [-0.3, -0.25) is 9.69 Å². The molecule has 1 saturated heterocycles. The Morgan fingerprint density at radius 2 is 2.37 bits per heavy atom. The fourth-order valence-electron chi connectivity index (χ4n) is 2.12. The van der Waals surface area contributed by atoms with E-state index in [1.54, 1.807) is 0 Å². The van der Waals surface area contributed by atoms with Crippen LogP contribution in [0.25, 0.3) is 0 Å². The van der Waals surface area contributed by atoms with Crippen molar-refractivity contribution < 1.29 is 18.0 Å². The van der Waals surface area contributed by atoms with Gasteiger partial charge in [0.25, 0.3) is 5.91 Å². The van der Waals surface area contributed by atoms with E-state index in [4.69, 9.17) is 0 Å². The predicted octanol–water partition coefficient (Wildman–Crippen LogP) is 0.419. The molecule has 2 rings (SSSR count). The van der Waals surface area contributed by atoms with Gasteiger partial charge in [0.1, 0.15) is 0 Å². The standard InChI is InChI=1S/C10H14F3N5O/c11-10(12,13)6-18-2-1-7(5-18)3-14-9(19)8-4-15-17-16-8/h4,7H,1-3,5-6H2,(H,14,19)(H,15,16,17). The third-order valence-electron chi connectivity index (χ3n) is 2.97. The first-order valence-corrected chi connectivity index (χ1v) is 5.87. The van der Waals surface area contributed by atoms with E-state index < -0.39 is 12.7 Å². The number of nitrogens with zero attached hydrogens (tertiary/aromatic N) is 3. The fraction of sp³-hybridized carbons (Fsp3) is 0.700. The Kier molecular flexibility index (Phi) is 4.03. The second-order valence-corrected chi connectivity index (χ2v) is 4.57. The van der Waals surface area contributed by atoms with Crippen LogP contribution in [0.15, 0.2) is 6.20 Å². The van der Waals surface area contributed by atoms with Gasteiger partial charge in [-0.2, -0.15) is 28.6 Å². The minimum atomic E-state index is -4.17. The minimum Gasteiger partial charge on any atom is -0.350 e. The summed E-state index contributed by atoms with van der Waals surface area (Å²) in [5.74, 6) is -0.332. The molecule has 106 valence electrons. The molecule has 0 aliphatic carbocycles. The second-order valence-electron chi connectivity index (χ2n) is 4.57. The molecule has 2 N–H and O–H groups in total. The van der Waals surface area contributed by atoms with Crippen molar-refractivity contribution in [3.05, 3.63) is 11.9 Å². The van der Waals surface area contributed by atoms with E-state index in [0.717, 1.165) is 0 Å². The molecule has 0 spiro atoms. The molecular weight excluding hydrogens is 263 g/mol. The molecule has 9 heteroatoms. The number of rotatable bonds is 4. The van der Waals surface area contributed by atoms with Crippen LogP contribution < -0.4 is 5.32 Å². The number of aromatic nitrogens is 3. The maximum absolute atomic E-state index is 12.2.